The predicted octanol–water partition coefficient (Wildman–Crippen LogP) is 0.966. The summed E-state index contributed by atoms with van der Waals surface area (Å²) in [5, 5.41) is 2.68. The molecule has 0 unspecified atom stereocenters. The van der Waals surface area contributed by atoms with Crippen LogP contribution in [0.5, 0.6) is 0 Å². The number of hydrogen-bond acceptors (Lipinski definition) is 1. The van der Waals surface area contributed by atoms with Crippen molar-refractivity contribution in [2.75, 3.05) is 0 Å². The Bertz CT molecular complexity index is 201. The largest absolute Gasteiger partial charge is 0.323 e. The van der Waals surface area contributed by atoms with Gasteiger partial charge < -0.3 is 5.32 Å². The van der Waals surface area contributed by atoms with E-state index >= 15 is 0 Å². The quantitative estimate of drug-likeness (QED) is 0.511. The van der Waals surface area contributed by atoms with Crippen LogP contribution in [0.4, 0.5) is 0 Å². The van der Waals surface area contributed by atoms with Crippen LogP contribution in [0.3, 0.4) is 0 Å². The zero-order valence-corrected chi connectivity index (χ0v) is 5.56. The van der Waals surface area contributed by atoms with E-state index in [1.807, 2.05) is 19.9 Å². The molecular weight excluding hydrogens is 114 g/mol. The fraction of sp³-hybridized carbons (Fsp3) is 0.286. The molecule has 9 heavy (non-hydrogen) atoms. The summed E-state index contributed by atoms with van der Waals surface area (Å²) in [4.78, 5) is 10.6. The maximum Gasteiger partial charge on any atom is 0.248 e. The van der Waals surface area contributed by atoms with Gasteiger partial charge in [-0.15, -0.1) is 0 Å². The van der Waals surface area contributed by atoms with E-state index in [4.69, 9.17) is 0 Å². The summed E-state index contributed by atoms with van der Waals surface area (Å²) in [6.45, 7) is 3.81. The van der Waals surface area contributed by atoms with Gasteiger partial charge in [0.1, 0.15) is 0 Å². The molecule has 48 valence electrons. The molecule has 0 saturated heterocycles. The smallest absolute Gasteiger partial charge is 0.248 e. The Kier molecular flexibility index (Phi) is 1.39. The van der Waals surface area contributed by atoms with Crippen LogP contribution in [0.25, 0.3) is 0 Å². The van der Waals surface area contributed by atoms with Gasteiger partial charge in [0.15, 0.2) is 0 Å². The van der Waals surface area contributed by atoms with E-state index in [0.29, 0.717) is 0 Å². The molecule has 1 aliphatic rings. The van der Waals surface area contributed by atoms with Gasteiger partial charge >= 0.3 is 0 Å². The van der Waals surface area contributed by atoms with Crippen molar-refractivity contribution in [2.45, 2.75) is 13.8 Å². The minimum Gasteiger partial charge on any atom is -0.323 e. The van der Waals surface area contributed by atoms with Gasteiger partial charge in [-0.2, -0.15) is 0 Å². The molecule has 2 nitrogen and oxygen atoms in total. The Morgan fingerprint density at radius 3 is 2.56 bits per heavy atom. The first-order valence-corrected chi connectivity index (χ1v) is 2.90. The van der Waals surface area contributed by atoms with Gasteiger partial charge in [-0.1, -0.05) is 6.08 Å². The third-order valence-electron chi connectivity index (χ3n) is 1.32. The molecule has 0 aliphatic carbocycles. The fourth-order valence-electron chi connectivity index (χ4n) is 0.842. The topological polar surface area (TPSA) is 29.1 Å². The number of amides is 1. The van der Waals surface area contributed by atoms with Crippen LogP contribution in [-0.2, 0) is 4.79 Å². The van der Waals surface area contributed by atoms with Crippen molar-refractivity contribution in [1.82, 2.24) is 5.32 Å². The van der Waals surface area contributed by atoms with E-state index in [9.17, 15) is 4.79 Å². The molecule has 0 spiro atoms. The predicted molar refractivity (Wildman–Crippen MR) is 35.7 cm³/mol. The summed E-state index contributed by atoms with van der Waals surface area (Å²) in [5.41, 5.74) is 1.95. The highest BCUT2D eigenvalue weighted by molar-refractivity contribution is 5.94. The van der Waals surface area contributed by atoms with Crippen molar-refractivity contribution in [1.29, 1.82) is 0 Å². The number of nitrogens with one attached hydrogen (secondary N) is 1. The van der Waals surface area contributed by atoms with E-state index in [0.717, 1.165) is 11.3 Å². The lowest BCUT2D eigenvalue weighted by Crippen LogP contribution is -2.12. The standard InChI is InChI=1S/C7H9NO/c1-3-6-5(2)4-7(9)8-6/h3-4H,1-2H3,(H,8,9)/b6-3-. The minimum absolute atomic E-state index is 0.0133. The molecule has 0 aromatic heterocycles. The minimum atomic E-state index is -0.0133. The molecule has 1 aliphatic heterocycles. The molecule has 1 rings (SSSR count). The van der Waals surface area contributed by atoms with Crippen molar-refractivity contribution < 1.29 is 4.79 Å². The van der Waals surface area contributed by atoms with Gasteiger partial charge in [0.2, 0.25) is 5.91 Å². The van der Waals surface area contributed by atoms with Crippen LogP contribution in [0, 0.1) is 0 Å². The van der Waals surface area contributed by atoms with Crippen LogP contribution in [-0.4, -0.2) is 5.91 Å². The van der Waals surface area contributed by atoms with Crippen molar-refractivity contribution >= 4 is 5.91 Å². The van der Waals surface area contributed by atoms with E-state index in [1.54, 1.807) is 6.08 Å². The molecule has 0 fully saturated rings. The normalized spacial score (nSPS) is 22.2. The van der Waals surface area contributed by atoms with Crippen LogP contribution in [0.15, 0.2) is 23.4 Å². The molecule has 0 atom stereocenters. The highest BCUT2D eigenvalue weighted by atomic mass is 16.1. The fourth-order valence-corrected chi connectivity index (χ4v) is 0.842. The number of carbonyl (C=O) groups is 1. The molecule has 0 bridgehead atoms. The second-order valence-electron chi connectivity index (χ2n) is 2.02. The Morgan fingerprint density at radius 1 is 1.67 bits per heavy atom. The molecule has 1 N–H and O–H groups in total. The summed E-state index contributed by atoms with van der Waals surface area (Å²) >= 11 is 0. The lowest BCUT2D eigenvalue weighted by Gasteiger charge is -1.95. The zero-order valence-electron chi connectivity index (χ0n) is 5.56. The highest BCUT2D eigenvalue weighted by Gasteiger charge is 2.10. The van der Waals surface area contributed by atoms with Crippen LogP contribution >= 0.6 is 0 Å². The molecule has 1 heterocycles. The zero-order chi connectivity index (χ0) is 6.85. The van der Waals surface area contributed by atoms with E-state index < -0.39 is 0 Å². The lowest BCUT2D eigenvalue weighted by atomic mass is 10.2. The van der Waals surface area contributed by atoms with Gasteiger partial charge in [0.05, 0.1) is 0 Å². The van der Waals surface area contributed by atoms with Crippen molar-refractivity contribution in [3.8, 4) is 0 Å². The van der Waals surface area contributed by atoms with E-state index in [1.165, 1.54) is 0 Å². The average Bonchev–Trinajstić information content (AvgIpc) is 2.10. The second-order valence-corrected chi connectivity index (χ2v) is 2.02. The number of allylic oxidation sites excluding steroid dienone is 2. The van der Waals surface area contributed by atoms with Crippen molar-refractivity contribution in [2.24, 2.45) is 0 Å². The van der Waals surface area contributed by atoms with E-state index in [-0.39, 0.29) is 5.91 Å². The third kappa shape index (κ3) is 1.02. The van der Waals surface area contributed by atoms with Gasteiger partial charge in [-0.05, 0) is 19.4 Å². The molecule has 0 aromatic rings. The Morgan fingerprint density at radius 2 is 2.33 bits per heavy atom. The van der Waals surface area contributed by atoms with Gasteiger partial charge in [0.25, 0.3) is 0 Å². The number of carbonyl (C=O) groups excluding carboxylic acids is 1. The number of rotatable bonds is 0. The first-order valence-electron chi connectivity index (χ1n) is 2.90. The van der Waals surface area contributed by atoms with Crippen molar-refractivity contribution in [3.63, 3.8) is 0 Å². The first kappa shape index (κ1) is 6.08. The van der Waals surface area contributed by atoms with Gasteiger partial charge in [-0.25, -0.2) is 0 Å². The number of hydrogen-bond donors (Lipinski definition) is 1. The van der Waals surface area contributed by atoms with Crippen LogP contribution < -0.4 is 5.32 Å². The molecule has 1 amide bonds. The summed E-state index contributed by atoms with van der Waals surface area (Å²) in [6, 6.07) is 0. The molecule has 0 saturated carbocycles. The van der Waals surface area contributed by atoms with Gasteiger partial charge in [0, 0.05) is 11.8 Å². The van der Waals surface area contributed by atoms with Crippen molar-refractivity contribution in [3.05, 3.63) is 23.4 Å². The summed E-state index contributed by atoms with van der Waals surface area (Å²) in [7, 11) is 0. The van der Waals surface area contributed by atoms with Crippen LogP contribution in [0.2, 0.25) is 0 Å². The Labute approximate surface area is 54.3 Å². The molecular formula is C7H9NO. The maximum absolute atomic E-state index is 10.6. The molecule has 0 radical (unpaired) electrons. The maximum atomic E-state index is 10.6. The first-order chi connectivity index (χ1) is 4.24. The monoisotopic (exact) mass is 123 g/mol. The lowest BCUT2D eigenvalue weighted by molar-refractivity contribution is -0.115. The summed E-state index contributed by atoms with van der Waals surface area (Å²) in [6.07, 6.45) is 3.48. The highest BCUT2D eigenvalue weighted by Crippen LogP contribution is 2.10. The summed E-state index contributed by atoms with van der Waals surface area (Å²) < 4.78 is 0. The second kappa shape index (κ2) is 2.05. The average molecular weight is 123 g/mol. The molecule has 2 heteroatoms. The van der Waals surface area contributed by atoms with E-state index in [2.05, 4.69) is 5.32 Å². The Balaban J connectivity index is 2.89. The summed E-state index contributed by atoms with van der Waals surface area (Å²) in [5.74, 6) is -0.0133. The van der Waals surface area contributed by atoms with Gasteiger partial charge in [-0.3, -0.25) is 4.79 Å². The Hall–Kier alpha value is -1.05. The van der Waals surface area contributed by atoms with Crippen LogP contribution in [0.1, 0.15) is 13.8 Å². The molecule has 0 aromatic carbocycles. The SMILES string of the molecule is C/C=C1\NC(=O)C=C1C. The third-order valence-corrected chi connectivity index (χ3v) is 1.32.